The Balaban J connectivity index is 1.82. The van der Waals surface area contributed by atoms with E-state index in [1.165, 1.54) is 22.6 Å². The molecule has 0 amide bonds. The zero-order valence-corrected chi connectivity index (χ0v) is 10.9. The Morgan fingerprint density at radius 3 is 2.87 bits per heavy atom. The van der Waals surface area contributed by atoms with E-state index in [1.807, 2.05) is 0 Å². The molecule has 1 aromatic rings. The molecular formula is C13H18OSe. The van der Waals surface area contributed by atoms with Crippen LogP contribution in [0.4, 0.5) is 0 Å². The minimum absolute atomic E-state index is 0.513. The average molecular weight is 269 g/mol. The van der Waals surface area contributed by atoms with Crippen molar-refractivity contribution in [3.8, 4) is 0 Å². The van der Waals surface area contributed by atoms with Crippen LogP contribution in [0, 0.1) is 5.92 Å². The number of rotatable bonds is 3. The van der Waals surface area contributed by atoms with Crippen molar-refractivity contribution in [1.29, 1.82) is 0 Å². The van der Waals surface area contributed by atoms with E-state index in [2.05, 4.69) is 37.3 Å². The van der Waals surface area contributed by atoms with Crippen molar-refractivity contribution in [1.82, 2.24) is 0 Å². The van der Waals surface area contributed by atoms with E-state index >= 15 is 0 Å². The number of ether oxygens (including phenoxy) is 1. The summed E-state index contributed by atoms with van der Waals surface area (Å²) in [5.41, 5.74) is 0. The minimum atomic E-state index is 0.513. The van der Waals surface area contributed by atoms with Gasteiger partial charge in [-0.3, -0.25) is 0 Å². The van der Waals surface area contributed by atoms with E-state index in [4.69, 9.17) is 4.74 Å². The first-order valence-corrected chi connectivity index (χ1v) is 7.72. The van der Waals surface area contributed by atoms with Gasteiger partial charge >= 0.3 is 98.2 Å². The molecule has 0 aromatic heterocycles. The van der Waals surface area contributed by atoms with Crippen LogP contribution in [0.15, 0.2) is 30.3 Å². The van der Waals surface area contributed by atoms with Crippen LogP contribution in [0.3, 0.4) is 0 Å². The summed E-state index contributed by atoms with van der Waals surface area (Å²) in [6.07, 6.45) is 3.10. The van der Waals surface area contributed by atoms with Gasteiger partial charge in [-0.2, -0.15) is 0 Å². The Morgan fingerprint density at radius 1 is 1.33 bits per heavy atom. The van der Waals surface area contributed by atoms with Gasteiger partial charge in [0.15, 0.2) is 0 Å². The molecule has 2 rings (SSSR count). The fourth-order valence-electron chi connectivity index (χ4n) is 1.90. The maximum atomic E-state index is 5.83. The number of hydrogen-bond acceptors (Lipinski definition) is 1. The first kappa shape index (κ1) is 11.2. The summed E-state index contributed by atoms with van der Waals surface area (Å²) in [7, 11) is 0. The Morgan fingerprint density at radius 2 is 2.13 bits per heavy atom. The Hall–Kier alpha value is -0.301. The van der Waals surface area contributed by atoms with Gasteiger partial charge < -0.3 is 0 Å². The molecule has 0 saturated carbocycles. The van der Waals surface area contributed by atoms with Gasteiger partial charge in [-0.15, -0.1) is 0 Å². The first-order chi connectivity index (χ1) is 7.36. The van der Waals surface area contributed by atoms with Gasteiger partial charge in [0, 0.05) is 0 Å². The van der Waals surface area contributed by atoms with Gasteiger partial charge in [-0.1, -0.05) is 0 Å². The third kappa shape index (κ3) is 3.34. The standard InChI is InChI=1S/C13H18OSe/c1-11-6-5-9-14-13(11)10-15-12-7-3-2-4-8-12/h2-4,7-8,11,13H,5-6,9-10H2,1H3/t11-,13+/m0/s1. The van der Waals surface area contributed by atoms with Crippen LogP contribution in [-0.2, 0) is 4.74 Å². The molecule has 1 aliphatic heterocycles. The fraction of sp³-hybridized carbons (Fsp3) is 0.538. The molecule has 1 fully saturated rings. The van der Waals surface area contributed by atoms with Gasteiger partial charge in [0.25, 0.3) is 0 Å². The Labute approximate surface area is 98.4 Å². The predicted molar refractivity (Wildman–Crippen MR) is 64.8 cm³/mol. The third-order valence-corrected chi connectivity index (χ3v) is 5.24. The molecule has 0 radical (unpaired) electrons. The Bertz CT molecular complexity index is 286. The van der Waals surface area contributed by atoms with Crippen LogP contribution in [0.25, 0.3) is 0 Å². The molecule has 1 heterocycles. The van der Waals surface area contributed by atoms with Gasteiger partial charge in [0.1, 0.15) is 0 Å². The fourth-order valence-corrected chi connectivity index (χ4v) is 4.27. The molecule has 0 spiro atoms. The van der Waals surface area contributed by atoms with Crippen LogP contribution in [0.5, 0.6) is 0 Å². The molecule has 1 aliphatic rings. The molecule has 1 aromatic carbocycles. The molecule has 15 heavy (non-hydrogen) atoms. The second-order valence-corrected chi connectivity index (χ2v) is 6.45. The molecule has 0 N–H and O–H groups in total. The summed E-state index contributed by atoms with van der Waals surface area (Å²) in [5, 5.41) is 1.23. The molecule has 2 heteroatoms. The molecule has 1 nitrogen and oxygen atoms in total. The molecule has 2 atom stereocenters. The molecule has 0 unspecified atom stereocenters. The van der Waals surface area contributed by atoms with E-state index in [-0.39, 0.29) is 0 Å². The van der Waals surface area contributed by atoms with E-state index in [1.54, 1.807) is 0 Å². The van der Waals surface area contributed by atoms with Crippen LogP contribution in [0.1, 0.15) is 19.8 Å². The summed E-state index contributed by atoms with van der Waals surface area (Å²) >= 11 is 0.581. The number of hydrogen-bond donors (Lipinski definition) is 0. The average Bonchev–Trinajstić information content (AvgIpc) is 2.29. The van der Waals surface area contributed by atoms with Crippen molar-refractivity contribution < 1.29 is 4.74 Å². The van der Waals surface area contributed by atoms with Crippen LogP contribution >= 0.6 is 0 Å². The molecule has 0 aliphatic carbocycles. The van der Waals surface area contributed by atoms with E-state index in [0.29, 0.717) is 21.1 Å². The Kier molecular flexibility index (Phi) is 4.25. The summed E-state index contributed by atoms with van der Waals surface area (Å²) in [4.78, 5) is 0. The zero-order valence-electron chi connectivity index (χ0n) is 9.19. The van der Waals surface area contributed by atoms with Gasteiger partial charge in [-0.25, -0.2) is 0 Å². The third-order valence-electron chi connectivity index (χ3n) is 2.93. The van der Waals surface area contributed by atoms with Crippen molar-refractivity contribution in [2.45, 2.75) is 31.2 Å². The topological polar surface area (TPSA) is 9.23 Å². The van der Waals surface area contributed by atoms with Crippen LogP contribution in [0.2, 0.25) is 5.32 Å². The van der Waals surface area contributed by atoms with Crippen molar-refractivity contribution in [2.75, 3.05) is 6.61 Å². The maximum absolute atomic E-state index is 5.83. The van der Waals surface area contributed by atoms with Crippen molar-refractivity contribution in [3.05, 3.63) is 30.3 Å². The second kappa shape index (κ2) is 5.69. The van der Waals surface area contributed by atoms with Crippen LogP contribution in [-0.4, -0.2) is 27.7 Å². The molecular weight excluding hydrogens is 251 g/mol. The van der Waals surface area contributed by atoms with E-state index in [9.17, 15) is 0 Å². The normalized spacial score (nSPS) is 26.5. The first-order valence-electron chi connectivity index (χ1n) is 5.66. The number of benzene rings is 1. The quantitative estimate of drug-likeness (QED) is 0.765. The van der Waals surface area contributed by atoms with E-state index in [0.717, 1.165) is 12.5 Å². The molecule has 0 bridgehead atoms. The summed E-state index contributed by atoms with van der Waals surface area (Å²) < 4.78 is 7.32. The summed E-state index contributed by atoms with van der Waals surface area (Å²) in [5.74, 6) is 0.754. The summed E-state index contributed by atoms with van der Waals surface area (Å²) in [6.45, 7) is 3.30. The second-order valence-electron chi connectivity index (χ2n) is 4.15. The van der Waals surface area contributed by atoms with E-state index < -0.39 is 0 Å². The monoisotopic (exact) mass is 270 g/mol. The van der Waals surface area contributed by atoms with Gasteiger partial charge in [0.05, 0.1) is 0 Å². The SMILES string of the molecule is C[C@H]1CCCO[C@@H]1C[Se]c1ccccc1. The van der Waals surface area contributed by atoms with Gasteiger partial charge in [-0.05, 0) is 0 Å². The van der Waals surface area contributed by atoms with Gasteiger partial charge in [0.2, 0.25) is 0 Å². The molecule has 1 saturated heterocycles. The summed E-state index contributed by atoms with van der Waals surface area (Å²) in [6, 6.07) is 10.8. The molecule has 82 valence electrons. The van der Waals surface area contributed by atoms with Crippen molar-refractivity contribution in [2.24, 2.45) is 5.92 Å². The van der Waals surface area contributed by atoms with Crippen molar-refractivity contribution >= 4 is 19.4 Å². The van der Waals surface area contributed by atoms with Crippen molar-refractivity contribution in [3.63, 3.8) is 0 Å². The predicted octanol–water partition coefficient (Wildman–Crippen LogP) is 2.25. The zero-order chi connectivity index (χ0) is 10.5. The van der Waals surface area contributed by atoms with Crippen LogP contribution < -0.4 is 4.46 Å².